The quantitative estimate of drug-likeness (QED) is 0.717. The summed E-state index contributed by atoms with van der Waals surface area (Å²) in [5.41, 5.74) is 2.76. The van der Waals surface area contributed by atoms with E-state index in [1.807, 2.05) is 26.0 Å². The van der Waals surface area contributed by atoms with Gasteiger partial charge in [0.2, 0.25) is 0 Å². The summed E-state index contributed by atoms with van der Waals surface area (Å²) in [6.45, 7) is 3.81. The molecule has 0 radical (unpaired) electrons. The van der Waals surface area contributed by atoms with Gasteiger partial charge < -0.3 is 9.79 Å². The van der Waals surface area contributed by atoms with Crippen LogP contribution in [0.5, 0.6) is 0 Å². The van der Waals surface area contributed by atoms with Crippen molar-refractivity contribution in [1.29, 1.82) is 0 Å². The molecule has 0 fully saturated rings. The van der Waals surface area contributed by atoms with Crippen LogP contribution >= 0.6 is 7.60 Å². The highest BCUT2D eigenvalue weighted by Crippen LogP contribution is 2.39. The molecule has 0 bridgehead atoms. The lowest BCUT2D eigenvalue weighted by Crippen LogP contribution is -1.91. The molecular weight excluding hydrogens is 187 g/mol. The molecule has 0 heterocycles. The van der Waals surface area contributed by atoms with Crippen LogP contribution in [0.3, 0.4) is 0 Å². The summed E-state index contributed by atoms with van der Waals surface area (Å²) in [6, 6.07) is 5.55. The van der Waals surface area contributed by atoms with Crippen molar-refractivity contribution in [3.8, 4) is 0 Å². The lowest BCUT2D eigenvalue weighted by molar-refractivity contribution is 0.371. The zero-order chi connectivity index (χ0) is 10.1. The van der Waals surface area contributed by atoms with E-state index in [0.717, 1.165) is 16.7 Å². The standard InChI is InChI=1S/C9H13O3P/c1-7-3-4-9(8(2)5-7)6-13(10,11)12/h3-5H,6H2,1-2H3,(H2,10,11,12). The second kappa shape index (κ2) is 3.62. The Morgan fingerprint density at radius 1 is 1.31 bits per heavy atom. The van der Waals surface area contributed by atoms with Gasteiger partial charge in [-0.1, -0.05) is 23.8 Å². The van der Waals surface area contributed by atoms with E-state index in [0.29, 0.717) is 0 Å². The summed E-state index contributed by atoms with van der Waals surface area (Å²) < 4.78 is 10.7. The fraction of sp³-hybridized carbons (Fsp3) is 0.333. The van der Waals surface area contributed by atoms with E-state index in [1.54, 1.807) is 6.07 Å². The highest BCUT2D eigenvalue weighted by Gasteiger charge is 2.14. The maximum absolute atomic E-state index is 10.7. The molecule has 2 N–H and O–H groups in total. The highest BCUT2D eigenvalue weighted by atomic mass is 31.2. The van der Waals surface area contributed by atoms with E-state index in [9.17, 15) is 4.57 Å². The van der Waals surface area contributed by atoms with E-state index in [-0.39, 0.29) is 6.16 Å². The van der Waals surface area contributed by atoms with E-state index in [2.05, 4.69) is 0 Å². The predicted molar refractivity (Wildman–Crippen MR) is 51.7 cm³/mol. The molecule has 72 valence electrons. The van der Waals surface area contributed by atoms with Gasteiger partial charge in [-0.15, -0.1) is 0 Å². The van der Waals surface area contributed by atoms with Gasteiger partial charge in [0.1, 0.15) is 0 Å². The van der Waals surface area contributed by atoms with Crippen molar-refractivity contribution in [2.45, 2.75) is 20.0 Å². The summed E-state index contributed by atoms with van der Waals surface area (Å²) in [5, 5.41) is 0. The van der Waals surface area contributed by atoms with Crippen LogP contribution in [-0.4, -0.2) is 9.79 Å². The first-order valence-corrected chi connectivity index (χ1v) is 5.79. The summed E-state index contributed by atoms with van der Waals surface area (Å²) in [7, 11) is -3.93. The molecular formula is C9H13O3P. The molecule has 1 rings (SSSR count). The normalized spacial score (nSPS) is 11.7. The molecule has 0 spiro atoms. The van der Waals surface area contributed by atoms with Crippen LogP contribution in [0.4, 0.5) is 0 Å². The van der Waals surface area contributed by atoms with Gasteiger partial charge in [-0.25, -0.2) is 0 Å². The molecule has 0 amide bonds. The van der Waals surface area contributed by atoms with Crippen LogP contribution in [-0.2, 0) is 10.7 Å². The molecule has 1 aromatic rings. The van der Waals surface area contributed by atoms with Crippen LogP contribution in [0, 0.1) is 13.8 Å². The first-order valence-electron chi connectivity index (χ1n) is 3.99. The summed E-state index contributed by atoms with van der Waals surface area (Å²) in [6.07, 6.45) is -0.168. The molecule has 0 saturated carbocycles. The van der Waals surface area contributed by atoms with E-state index >= 15 is 0 Å². The van der Waals surface area contributed by atoms with Gasteiger partial charge in [-0.05, 0) is 25.0 Å². The lowest BCUT2D eigenvalue weighted by Gasteiger charge is -2.07. The molecule has 0 aliphatic rings. The molecule has 0 unspecified atom stereocenters. The van der Waals surface area contributed by atoms with Gasteiger partial charge in [0, 0.05) is 0 Å². The smallest absolute Gasteiger partial charge is 0.324 e. The van der Waals surface area contributed by atoms with Crippen molar-refractivity contribution >= 4 is 7.60 Å². The Morgan fingerprint density at radius 2 is 1.92 bits per heavy atom. The third-order valence-corrected chi connectivity index (χ3v) is 2.63. The second-order valence-corrected chi connectivity index (χ2v) is 4.90. The summed E-state index contributed by atoms with van der Waals surface area (Å²) in [4.78, 5) is 17.6. The number of rotatable bonds is 2. The molecule has 0 aliphatic carbocycles. The van der Waals surface area contributed by atoms with Crippen molar-refractivity contribution in [3.05, 3.63) is 34.9 Å². The van der Waals surface area contributed by atoms with Crippen LogP contribution in [0.2, 0.25) is 0 Å². The zero-order valence-corrected chi connectivity index (χ0v) is 8.58. The molecule has 0 saturated heterocycles. The fourth-order valence-electron chi connectivity index (χ4n) is 1.25. The predicted octanol–water partition coefficient (Wildman–Crippen LogP) is 1.98. The summed E-state index contributed by atoms with van der Waals surface area (Å²) in [5.74, 6) is 0. The molecule has 0 aromatic heterocycles. The Bertz CT molecular complexity index is 354. The van der Waals surface area contributed by atoms with Crippen LogP contribution in [0.25, 0.3) is 0 Å². The zero-order valence-electron chi connectivity index (χ0n) is 7.69. The average Bonchev–Trinajstić information content (AvgIpc) is 1.93. The number of aryl methyl sites for hydroxylation is 2. The molecule has 13 heavy (non-hydrogen) atoms. The molecule has 1 aromatic carbocycles. The van der Waals surface area contributed by atoms with Crippen molar-refractivity contribution in [3.63, 3.8) is 0 Å². The minimum atomic E-state index is -3.93. The summed E-state index contributed by atoms with van der Waals surface area (Å²) >= 11 is 0. The Morgan fingerprint density at radius 3 is 2.38 bits per heavy atom. The Hall–Kier alpha value is -0.630. The van der Waals surface area contributed by atoms with Crippen LogP contribution in [0.15, 0.2) is 18.2 Å². The number of benzene rings is 1. The average molecular weight is 200 g/mol. The highest BCUT2D eigenvalue weighted by molar-refractivity contribution is 7.50. The number of hydrogen-bond donors (Lipinski definition) is 2. The van der Waals surface area contributed by atoms with E-state index in [4.69, 9.17) is 9.79 Å². The van der Waals surface area contributed by atoms with Gasteiger partial charge in [0.15, 0.2) is 0 Å². The van der Waals surface area contributed by atoms with E-state index in [1.165, 1.54) is 0 Å². The third-order valence-electron chi connectivity index (χ3n) is 1.87. The van der Waals surface area contributed by atoms with Gasteiger partial charge in [0.05, 0.1) is 6.16 Å². The van der Waals surface area contributed by atoms with Gasteiger partial charge in [-0.2, -0.15) is 0 Å². The molecule has 0 atom stereocenters. The molecule has 0 aliphatic heterocycles. The largest absolute Gasteiger partial charge is 0.329 e. The van der Waals surface area contributed by atoms with Gasteiger partial charge in [0.25, 0.3) is 0 Å². The van der Waals surface area contributed by atoms with E-state index < -0.39 is 7.60 Å². The van der Waals surface area contributed by atoms with Gasteiger partial charge in [-0.3, -0.25) is 4.57 Å². The minimum absolute atomic E-state index is 0.168. The van der Waals surface area contributed by atoms with Crippen molar-refractivity contribution in [2.24, 2.45) is 0 Å². The van der Waals surface area contributed by atoms with Crippen molar-refractivity contribution in [1.82, 2.24) is 0 Å². The molecule has 3 nitrogen and oxygen atoms in total. The van der Waals surface area contributed by atoms with Crippen LogP contribution < -0.4 is 0 Å². The SMILES string of the molecule is Cc1ccc(CP(=O)(O)O)c(C)c1. The van der Waals surface area contributed by atoms with Crippen molar-refractivity contribution < 1.29 is 14.4 Å². The lowest BCUT2D eigenvalue weighted by atomic mass is 10.1. The monoisotopic (exact) mass is 200 g/mol. The first kappa shape index (κ1) is 10.5. The Balaban J connectivity index is 2.97. The Kier molecular flexibility index (Phi) is 2.91. The maximum Gasteiger partial charge on any atom is 0.329 e. The minimum Gasteiger partial charge on any atom is -0.324 e. The van der Waals surface area contributed by atoms with Gasteiger partial charge >= 0.3 is 7.60 Å². The third kappa shape index (κ3) is 3.31. The fourth-order valence-corrected chi connectivity index (χ4v) is 2.04. The maximum atomic E-state index is 10.7. The van der Waals surface area contributed by atoms with Crippen molar-refractivity contribution in [2.75, 3.05) is 0 Å². The van der Waals surface area contributed by atoms with Crippen LogP contribution in [0.1, 0.15) is 16.7 Å². The first-order chi connectivity index (χ1) is 5.88. The Labute approximate surface area is 77.6 Å². The molecule has 4 heteroatoms. The number of hydrogen-bond acceptors (Lipinski definition) is 1. The second-order valence-electron chi connectivity index (χ2n) is 3.25. The topological polar surface area (TPSA) is 57.5 Å².